The van der Waals surface area contributed by atoms with E-state index in [1.807, 2.05) is 18.2 Å². The van der Waals surface area contributed by atoms with Gasteiger partial charge in [0, 0.05) is 17.8 Å². The molecule has 2 aromatic carbocycles. The predicted molar refractivity (Wildman–Crippen MR) is 104 cm³/mol. The first-order valence-electron chi connectivity index (χ1n) is 8.27. The Bertz CT molecular complexity index is 1040. The molecular weight excluding hydrogens is 358 g/mol. The van der Waals surface area contributed by atoms with Gasteiger partial charge in [0.25, 0.3) is 0 Å². The summed E-state index contributed by atoms with van der Waals surface area (Å²) in [5, 5.41) is 24.0. The van der Waals surface area contributed by atoms with Crippen LogP contribution in [0.3, 0.4) is 0 Å². The predicted octanol–water partition coefficient (Wildman–Crippen LogP) is 3.89. The molecule has 1 heterocycles. The summed E-state index contributed by atoms with van der Waals surface area (Å²) in [6.45, 7) is 0.294. The van der Waals surface area contributed by atoms with Crippen LogP contribution in [0, 0.1) is 21.4 Å². The first kappa shape index (κ1) is 18.5. The Hall–Kier alpha value is -4.25. The van der Waals surface area contributed by atoms with Crippen LogP contribution >= 0.6 is 0 Å². The highest BCUT2D eigenvalue weighted by molar-refractivity contribution is 5.80. The van der Waals surface area contributed by atoms with E-state index in [0.717, 1.165) is 11.1 Å². The number of anilines is 1. The lowest BCUT2D eigenvalue weighted by Gasteiger charge is -2.07. The van der Waals surface area contributed by atoms with Gasteiger partial charge in [-0.3, -0.25) is 15.5 Å². The van der Waals surface area contributed by atoms with Gasteiger partial charge in [-0.15, -0.1) is 0 Å². The zero-order chi connectivity index (χ0) is 19.8. The van der Waals surface area contributed by atoms with Crippen LogP contribution in [-0.4, -0.2) is 16.1 Å². The first-order chi connectivity index (χ1) is 13.7. The number of aromatic nitrogens is 1. The first-order valence-corrected chi connectivity index (χ1v) is 8.27. The molecule has 8 heteroatoms. The fraction of sp³-hybridized carbons (Fsp3) is 0.0500. The standard InChI is InChI=1S/C20H15N5O3/c21-12-16-4-1-2-5-17(16)14-28-18-9-7-15(8-10-18)13-23-24-20-19(25(26)27)6-3-11-22-20/h1-11,13H,14H2,(H,22,24)/b23-13-. The van der Waals surface area contributed by atoms with E-state index < -0.39 is 4.92 Å². The summed E-state index contributed by atoms with van der Waals surface area (Å²) in [6.07, 6.45) is 2.97. The lowest BCUT2D eigenvalue weighted by Crippen LogP contribution is -1.99. The third-order valence-electron chi connectivity index (χ3n) is 3.78. The summed E-state index contributed by atoms with van der Waals surface area (Å²) in [6, 6.07) is 19.4. The SMILES string of the molecule is N#Cc1ccccc1COc1ccc(/C=N\Nc2ncccc2[N+](=O)[O-])cc1. The second-order valence-electron chi connectivity index (χ2n) is 5.62. The lowest BCUT2D eigenvalue weighted by atomic mass is 10.1. The Kier molecular flexibility index (Phi) is 5.90. The van der Waals surface area contributed by atoms with E-state index >= 15 is 0 Å². The minimum absolute atomic E-state index is 0.0693. The van der Waals surface area contributed by atoms with Crippen LogP contribution in [0.2, 0.25) is 0 Å². The van der Waals surface area contributed by atoms with Crippen LogP contribution in [0.15, 0.2) is 72.0 Å². The normalized spacial score (nSPS) is 10.4. The molecule has 138 valence electrons. The van der Waals surface area contributed by atoms with E-state index in [9.17, 15) is 10.1 Å². The van der Waals surface area contributed by atoms with Crippen molar-refractivity contribution >= 4 is 17.7 Å². The molecule has 1 N–H and O–H groups in total. The van der Waals surface area contributed by atoms with Gasteiger partial charge in [-0.2, -0.15) is 10.4 Å². The van der Waals surface area contributed by atoms with Gasteiger partial charge < -0.3 is 4.74 Å². The zero-order valence-electron chi connectivity index (χ0n) is 14.6. The monoisotopic (exact) mass is 373 g/mol. The number of hydrogen-bond acceptors (Lipinski definition) is 7. The van der Waals surface area contributed by atoms with Gasteiger partial charge in [-0.05, 0) is 42.0 Å². The molecule has 0 radical (unpaired) electrons. The molecule has 0 bridgehead atoms. The van der Waals surface area contributed by atoms with Gasteiger partial charge in [-0.1, -0.05) is 18.2 Å². The van der Waals surface area contributed by atoms with Crippen LogP contribution in [0.4, 0.5) is 11.5 Å². The van der Waals surface area contributed by atoms with Crippen molar-refractivity contribution in [3.63, 3.8) is 0 Å². The van der Waals surface area contributed by atoms with Gasteiger partial charge in [0.1, 0.15) is 12.4 Å². The van der Waals surface area contributed by atoms with E-state index in [1.54, 1.807) is 30.3 Å². The minimum atomic E-state index is -0.526. The summed E-state index contributed by atoms with van der Waals surface area (Å²) >= 11 is 0. The van der Waals surface area contributed by atoms with Crippen LogP contribution in [-0.2, 0) is 6.61 Å². The quantitative estimate of drug-likeness (QED) is 0.382. The fourth-order valence-electron chi connectivity index (χ4n) is 2.36. The van der Waals surface area contributed by atoms with Crippen LogP contribution < -0.4 is 10.2 Å². The number of nitrogens with one attached hydrogen (secondary N) is 1. The number of pyridine rings is 1. The molecule has 3 aromatic rings. The summed E-state index contributed by atoms with van der Waals surface area (Å²) in [5.74, 6) is 0.720. The molecule has 0 saturated heterocycles. The van der Waals surface area contributed by atoms with Crippen LogP contribution in [0.1, 0.15) is 16.7 Å². The molecule has 0 aliphatic rings. The van der Waals surface area contributed by atoms with E-state index in [1.165, 1.54) is 24.5 Å². The molecular formula is C20H15N5O3. The average Bonchev–Trinajstić information content (AvgIpc) is 2.73. The van der Waals surface area contributed by atoms with Crippen LogP contribution in [0.25, 0.3) is 0 Å². The molecule has 0 atom stereocenters. The Morgan fingerprint density at radius 2 is 1.96 bits per heavy atom. The van der Waals surface area contributed by atoms with Crippen LogP contribution in [0.5, 0.6) is 5.75 Å². The topological polar surface area (TPSA) is 113 Å². The maximum absolute atomic E-state index is 10.9. The summed E-state index contributed by atoms with van der Waals surface area (Å²) in [4.78, 5) is 14.3. The van der Waals surface area contributed by atoms with E-state index in [-0.39, 0.29) is 11.5 Å². The molecule has 0 amide bonds. The summed E-state index contributed by atoms with van der Waals surface area (Å²) < 4.78 is 5.71. The largest absolute Gasteiger partial charge is 0.489 e. The van der Waals surface area contributed by atoms with Crippen molar-refractivity contribution in [2.45, 2.75) is 6.61 Å². The molecule has 1 aromatic heterocycles. The molecule has 0 spiro atoms. The maximum atomic E-state index is 10.9. The van der Waals surface area contributed by atoms with Crippen molar-refractivity contribution in [2.75, 3.05) is 5.43 Å². The maximum Gasteiger partial charge on any atom is 0.313 e. The number of nitrogens with zero attached hydrogens (tertiary/aromatic N) is 4. The molecule has 0 fully saturated rings. The number of hydrogen-bond donors (Lipinski definition) is 1. The summed E-state index contributed by atoms with van der Waals surface area (Å²) in [7, 11) is 0. The molecule has 28 heavy (non-hydrogen) atoms. The third kappa shape index (κ3) is 4.68. The van der Waals surface area contributed by atoms with Crippen molar-refractivity contribution in [1.29, 1.82) is 5.26 Å². The number of nitro groups is 1. The van der Waals surface area contributed by atoms with Crippen molar-refractivity contribution in [1.82, 2.24) is 4.98 Å². The Balaban J connectivity index is 1.60. The second kappa shape index (κ2) is 8.91. The van der Waals surface area contributed by atoms with E-state index in [2.05, 4.69) is 21.6 Å². The fourth-order valence-corrected chi connectivity index (χ4v) is 2.36. The average molecular weight is 373 g/mol. The number of ether oxygens (including phenoxy) is 1. The Labute approximate surface area is 160 Å². The lowest BCUT2D eigenvalue weighted by molar-refractivity contribution is -0.384. The van der Waals surface area contributed by atoms with E-state index in [0.29, 0.717) is 17.9 Å². The van der Waals surface area contributed by atoms with Crippen molar-refractivity contribution in [3.8, 4) is 11.8 Å². The second-order valence-corrected chi connectivity index (χ2v) is 5.62. The van der Waals surface area contributed by atoms with Crippen molar-refractivity contribution < 1.29 is 9.66 Å². The number of nitriles is 1. The van der Waals surface area contributed by atoms with Gasteiger partial charge in [-0.25, -0.2) is 4.98 Å². The molecule has 0 unspecified atom stereocenters. The van der Waals surface area contributed by atoms with Gasteiger partial charge >= 0.3 is 5.69 Å². The third-order valence-corrected chi connectivity index (χ3v) is 3.78. The molecule has 0 aliphatic heterocycles. The van der Waals surface area contributed by atoms with E-state index in [4.69, 9.17) is 10.00 Å². The van der Waals surface area contributed by atoms with Gasteiger partial charge in [0.05, 0.1) is 22.8 Å². The Morgan fingerprint density at radius 1 is 1.18 bits per heavy atom. The summed E-state index contributed by atoms with van der Waals surface area (Å²) in [5.41, 5.74) is 4.59. The van der Waals surface area contributed by atoms with Gasteiger partial charge in [0.15, 0.2) is 0 Å². The highest BCUT2D eigenvalue weighted by Gasteiger charge is 2.12. The number of rotatable bonds is 7. The van der Waals surface area contributed by atoms with Crippen molar-refractivity contribution in [2.24, 2.45) is 5.10 Å². The Morgan fingerprint density at radius 3 is 2.71 bits per heavy atom. The highest BCUT2D eigenvalue weighted by Crippen LogP contribution is 2.20. The number of hydrazone groups is 1. The number of benzene rings is 2. The molecule has 0 aliphatic carbocycles. The van der Waals surface area contributed by atoms with Gasteiger partial charge in [0.2, 0.25) is 5.82 Å². The minimum Gasteiger partial charge on any atom is -0.489 e. The smallest absolute Gasteiger partial charge is 0.313 e. The van der Waals surface area contributed by atoms with Crippen molar-refractivity contribution in [3.05, 3.63) is 93.7 Å². The highest BCUT2D eigenvalue weighted by atomic mass is 16.6. The molecule has 8 nitrogen and oxygen atoms in total. The molecule has 0 saturated carbocycles. The molecule has 3 rings (SSSR count). The zero-order valence-corrected chi connectivity index (χ0v) is 14.6.